The van der Waals surface area contributed by atoms with E-state index in [1.807, 2.05) is 35.6 Å². The first-order valence-electron chi connectivity index (χ1n) is 4.92. The van der Waals surface area contributed by atoms with E-state index in [1.165, 1.54) is 5.01 Å². The van der Waals surface area contributed by atoms with E-state index in [0.29, 0.717) is 0 Å². The van der Waals surface area contributed by atoms with Gasteiger partial charge in [0, 0.05) is 44.3 Å². The van der Waals surface area contributed by atoms with Crippen molar-refractivity contribution in [2.75, 3.05) is 6.54 Å². The predicted octanol–water partition coefficient (Wildman–Crippen LogP) is 1.63. The van der Waals surface area contributed by atoms with Crippen molar-refractivity contribution in [2.24, 2.45) is 7.05 Å². The van der Waals surface area contributed by atoms with Gasteiger partial charge in [-0.1, -0.05) is 0 Å². The van der Waals surface area contributed by atoms with Crippen LogP contribution in [-0.4, -0.2) is 21.3 Å². The highest BCUT2D eigenvalue weighted by atomic mass is 35.5. The molecule has 2 aromatic rings. The Bertz CT molecular complexity index is 399. The molecule has 0 aliphatic carbocycles. The quantitative estimate of drug-likeness (QED) is 0.829. The maximum atomic E-state index is 4.29. The smallest absolute Gasteiger partial charge is 0.0937 e. The molecule has 2 aromatic heterocycles. The van der Waals surface area contributed by atoms with Gasteiger partial charge >= 0.3 is 0 Å². The fourth-order valence-corrected chi connectivity index (χ4v) is 1.97. The zero-order valence-corrected chi connectivity index (χ0v) is 10.7. The van der Waals surface area contributed by atoms with Crippen LogP contribution in [0.3, 0.4) is 0 Å². The highest BCUT2D eigenvalue weighted by Crippen LogP contribution is 2.03. The lowest BCUT2D eigenvalue weighted by molar-refractivity contribution is 0.653. The molecule has 0 fully saturated rings. The van der Waals surface area contributed by atoms with Gasteiger partial charge in [0.2, 0.25) is 0 Å². The second kappa shape index (κ2) is 6.62. The first-order chi connectivity index (χ1) is 7.34. The van der Waals surface area contributed by atoms with Crippen LogP contribution < -0.4 is 5.32 Å². The zero-order chi connectivity index (χ0) is 10.5. The van der Waals surface area contributed by atoms with E-state index in [2.05, 4.69) is 15.4 Å². The van der Waals surface area contributed by atoms with Crippen LogP contribution in [0.4, 0.5) is 0 Å². The molecule has 0 saturated heterocycles. The molecule has 0 unspecified atom stereocenters. The molecule has 4 nitrogen and oxygen atoms in total. The fraction of sp³-hybridized carbons (Fsp3) is 0.400. The number of nitrogens with zero attached hydrogens (tertiary/aromatic N) is 3. The van der Waals surface area contributed by atoms with Crippen LogP contribution in [0.2, 0.25) is 0 Å². The van der Waals surface area contributed by atoms with Gasteiger partial charge in [-0.25, -0.2) is 4.98 Å². The molecule has 16 heavy (non-hydrogen) atoms. The minimum atomic E-state index is 0. The van der Waals surface area contributed by atoms with Crippen molar-refractivity contribution in [3.8, 4) is 0 Å². The summed E-state index contributed by atoms with van der Waals surface area (Å²) < 4.78 is 1.82. The number of hydrogen-bond donors (Lipinski definition) is 1. The van der Waals surface area contributed by atoms with E-state index >= 15 is 0 Å². The Morgan fingerprint density at radius 2 is 2.38 bits per heavy atom. The summed E-state index contributed by atoms with van der Waals surface area (Å²) in [6, 6.07) is 2.02. The minimum absolute atomic E-state index is 0. The first kappa shape index (κ1) is 13.2. The van der Waals surface area contributed by atoms with Crippen LogP contribution in [0, 0.1) is 0 Å². The van der Waals surface area contributed by atoms with Crippen LogP contribution in [0.25, 0.3) is 0 Å². The Morgan fingerprint density at radius 1 is 1.50 bits per heavy atom. The van der Waals surface area contributed by atoms with E-state index in [1.54, 1.807) is 11.3 Å². The van der Waals surface area contributed by atoms with E-state index in [0.717, 1.165) is 25.2 Å². The molecular weight excluding hydrogens is 244 g/mol. The zero-order valence-electron chi connectivity index (χ0n) is 9.09. The van der Waals surface area contributed by atoms with Gasteiger partial charge in [0.05, 0.1) is 10.7 Å². The number of thiazole rings is 1. The van der Waals surface area contributed by atoms with Gasteiger partial charge in [0.25, 0.3) is 0 Å². The lowest BCUT2D eigenvalue weighted by Gasteiger charge is -1.99. The van der Waals surface area contributed by atoms with Crippen LogP contribution in [0.5, 0.6) is 0 Å². The van der Waals surface area contributed by atoms with Crippen LogP contribution in [-0.2, 0) is 20.0 Å². The predicted molar refractivity (Wildman–Crippen MR) is 68.0 cm³/mol. The molecule has 0 amide bonds. The van der Waals surface area contributed by atoms with Crippen LogP contribution >= 0.6 is 23.7 Å². The molecule has 0 aliphatic heterocycles. The van der Waals surface area contributed by atoms with E-state index < -0.39 is 0 Å². The molecule has 88 valence electrons. The third-order valence-electron chi connectivity index (χ3n) is 2.07. The summed E-state index contributed by atoms with van der Waals surface area (Å²) >= 11 is 1.70. The molecule has 0 radical (unpaired) electrons. The van der Waals surface area contributed by atoms with E-state index in [9.17, 15) is 0 Å². The van der Waals surface area contributed by atoms with Crippen molar-refractivity contribution < 1.29 is 0 Å². The molecule has 2 rings (SSSR count). The highest BCUT2D eigenvalue weighted by molar-refractivity contribution is 7.09. The average molecular weight is 259 g/mol. The maximum absolute atomic E-state index is 4.29. The third kappa shape index (κ3) is 3.92. The Hall–Kier alpha value is -0.910. The molecule has 0 aromatic carbocycles. The summed E-state index contributed by atoms with van der Waals surface area (Å²) in [5, 5.41) is 10.8. The molecule has 0 spiro atoms. The second-order valence-corrected chi connectivity index (χ2v) is 4.31. The number of aromatic nitrogens is 3. The monoisotopic (exact) mass is 258 g/mol. The SMILES string of the molecule is Cl.Cn1ccc(CNCCc2nccs2)n1. The molecule has 0 saturated carbocycles. The second-order valence-electron chi connectivity index (χ2n) is 3.33. The standard InChI is InChI=1S/C10H14N4S.ClH/c1-14-6-3-9(13-14)8-11-4-2-10-12-5-7-15-10;/h3,5-7,11H,2,4,8H2,1H3;1H. The molecular formula is C10H15ClN4S. The van der Waals surface area contributed by atoms with Gasteiger partial charge < -0.3 is 5.32 Å². The Balaban J connectivity index is 0.00000128. The molecule has 6 heteroatoms. The lowest BCUT2D eigenvalue weighted by atomic mass is 10.4. The van der Waals surface area contributed by atoms with Crippen molar-refractivity contribution >= 4 is 23.7 Å². The highest BCUT2D eigenvalue weighted by Gasteiger charge is 1.97. The Kier molecular flexibility index (Phi) is 5.45. The third-order valence-corrected chi connectivity index (χ3v) is 2.91. The average Bonchev–Trinajstić information content (AvgIpc) is 2.84. The molecule has 1 N–H and O–H groups in total. The van der Waals surface area contributed by atoms with Crippen LogP contribution in [0.15, 0.2) is 23.8 Å². The maximum Gasteiger partial charge on any atom is 0.0937 e. The summed E-state index contributed by atoms with van der Waals surface area (Å²) in [7, 11) is 1.93. The normalized spacial score (nSPS) is 10.1. The van der Waals surface area contributed by atoms with Gasteiger partial charge in [-0.3, -0.25) is 4.68 Å². The summed E-state index contributed by atoms with van der Waals surface area (Å²) in [6.07, 6.45) is 4.79. The number of aryl methyl sites for hydroxylation is 1. The van der Waals surface area contributed by atoms with Gasteiger partial charge in [-0.15, -0.1) is 23.7 Å². The first-order valence-corrected chi connectivity index (χ1v) is 5.80. The molecule has 0 bridgehead atoms. The van der Waals surface area contributed by atoms with Gasteiger partial charge in [0.15, 0.2) is 0 Å². The van der Waals surface area contributed by atoms with Crippen molar-refractivity contribution in [1.82, 2.24) is 20.1 Å². The van der Waals surface area contributed by atoms with Gasteiger partial charge in [-0.2, -0.15) is 5.10 Å². The van der Waals surface area contributed by atoms with Crippen molar-refractivity contribution in [3.05, 3.63) is 34.5 Å². The number of hydrogen-bond acceptors (Lipinski definition) is 4. The number of nitrogens with one attached hydrogen (secondary N) is 1. The Labute approximate surface area is 105 Å². The molecule has 2 heterocycles. The van der Waals surface area contributed by atoms with Crippen molar-refractivity contribution in [1.29, 1.82) is 0 Å². The van der Waals surface area contributed by atoms with E-state index in [-0.39, 0.29) is 12.4 Å². The lowest BCUT2D eigenvalue weighted by Crippen LogP contribution is -2.17. The van der Waals surface area contributed by atoms with Crippen molar-refractivity contribution in [3.63, 3.8) is 0 Å². The summed E-state index contributed by atoms with van der Waals surface area (Å²) in [5.41, 5.74) is 1.08. The summed E-state index contributed by atoms with van der Waals surface area (Å²) in [4.78, 5) is 4.22. The van der Waals surface area contributed by atoms with Crippen LogP contribution in [0.1, 0.15) is 10.7 Å². The van der Waals surface area contributed by atoms with Gasteiger partial charge in [0.1, 0.15) is 0 Å². The topological polar surface area (TPSA) is 42.7 Å². The molecule has 0 aliphatic rings. The number of rotatable bonds is 5. The Morgan fingerprint density at radius 3 is 3.00 bits per heavy atom. The minimum Gasteiger partial charge on any atom is -0.311 e. The summed E-state index contributed by atoms with van der Waals surface area (Å²) in [5.74, 6) is 0. The van der Waals surface area contributed by atoms with Gasteiger partial charge in [-0.05, 0) is 6.07 Å². The fourth-order valence-electron chi connectivity index (χ4n) is 1.35. The largest absolute Gasteiger partial charge is 0.311 e. The van der Waals surface area contributed by atoms with E-state index in [4.69, 9.17) is 0 Å². The number of halogens is 1. The van der Waals surface area contributed by atoms with Crippen molar-refractivity contribution in [2.45, 2.75) is 13.0 Å². The summed E-state index contributed by atoms with van der Waals surface area (Å²) in [6.45, 7) is 1.77. The molecule has 0 atom stereocenters.